The third kappa shape index (κ3) is 2.64. The van der Waals surface area contributed by atoms with Crippen LogP contribution in [0.15, 0.2) is 54.7 Å². The molecule has 1 amide bonds. The van der Waals surface area contributed by atoms with Gasteiger partial charge in [0.2, 0.25) is 0 Å². The molecule has 0 aliphatic rings. The summed E-state index contributed by atoms with van der Waals surface area (Å²) in [5, 5.41) is 0.979. The largest absolute Gasteiger partial charge is 0.343 e. The molecule has 0 aliphatic heterocycles. The number of carbonyl (C=O) groups excluding carboxylic acids is 1. The van der Waals surface area contributed by atoms with Gasteiger partial charge in [0.1, 0.15) is 5.82 Å². The van der Waals surface area contributed by atoms with Gasteiger partial charge in [0.15, 0.2) is 0 Å². The predicted octanol–water partition coefficient (Wildman–Crippen LogP) is 2.43. The summed E-state index contributed by atoms with van der Waals surface area (Å²) in [6.45, 7) is 0.554. The number of nitrogens with zero attached hydrogens (tertiary/aromatic N) is 1. The molecule has 3 rings (SSSR count). The number of hydrogen-bond acceptors (Lipinski definition) is 2. The van der Waals surface area contributed by atoms with Gasteiger partial charge < -0.3 is 4.57 Å². The highest BCUT2D eigenvalue weighted by atomic mass is 19.1. The Balaban J connectivity index is 1.95. The van der Waals surface area contributed by atoms with Crippen molar-refractivity contribution >= 4 is 16.8 Å². The van der Waals surface area contributed by atoms with Crippen LogP contribution in [0.1, 0.15) is 15.9 Å². The third-order valence-corrected chi connectivity index (χ3v) is 3.41. The number of hydrazine groups is 1. The number of hydrogen-bond donors (Lipinski definition) is 2. The fourth-order valence-corrected chi connectivity index (χ4v) is 2.39. The number of nitrogen functional groups attached to an aromatic ring is 1. The molecule has 4 nitrogen and oxygen atoms in total. The Bertz CT molecular complexity index is 810. The van der Waals surface area contributed by atoms with Gasteiger partial charge in [-0.05, 0) is 47.3 Å². The number of aromatic nitrogens is 1. The zero-order chi connectivity index (χ0) is 14.8. The van der Waals surface area contributed by atoms with Crippen molar-refractivity contribution in [2.75, 3.05) is 0 Å². The van der Waals surface area contributed by atoms with Crippen molar-refractivity contribution in [3.05, 3.63) is 71.7 Å². The molecule has 3 aromatic rings. The molecule has 5 heteroatoms. The maximum absolute atomic E-state index is 13.4. The van der Waals surface area contributed by atoms with Crippen LogP contribution in [-0.2, 0) is 6.54 Å². The highest BCUT2D eigenvalue weighted by Gasteiger charge is 2.06. The molecule has 0 spiro atoms. The summed E-state index contributed by atoms with van der Waals surface area (Å²) in [6.07, 6.45) is 1.90. The monoisotopic (exact) mass is 283 g/mol. The fraction of sp³-hybridized carbons (Fsp3) is 0.0625. The smallest absolute Gasteiger partial charge is 0.265 e. The standard InChI is InChI=1S/C16H14FN3O/c17-14-5-4-12-6-7-20(15(12)9-14)10-11-2-1-3-13(8-11)16(21)19-18/h1-9H,10,18H2,(H,19,21). The molecule has 106 valence electrons. The zero-order valence-electron chi connectivity index (χ0n) is 11.2. The Kier molecular flexibility index (Phi) is 3.41. The van der Waals surface area contributed by atoms with E-state index < -0.39 is 0 Å². The summed E-state index contributed by atoms with van der Waals surface area (Å²) in [5.41, 5.74) is 4.37. The molecule has 0 fully saturated rings. The summed E-state index contributed by atoms with van der Waals surface area (Å²) < 4.78 is 15.3. The van der Waals surface area contributed by atoms with E-state index in [1.165, 1.54) is 12.1 Å². The Morgan fingerprint density at radius 2 is 2.05 bits per heavy atom. The summed E-state index contributed by atoms with van der Waals surface area (Å²) in [7, 11) is 0. The molecule has 0 saturated heterocycles. The Hall–Kier alpha value is -2.66. The Morgan fingerprint density at radius 1 is 1.19 bits per heavy atom. The maximum atomic E-state index is 13.4. The van der Waals surface area contributed by atoms with Crippen molar-refractivity contribution in [1.29, 1.82) is 0 Å². The van der Waals surface area contributed by atoms with Crippen LogP contribution in [0.25, 0.3) is 10.9 Å². The molecule has 0 radical (unpaired) electrons. The van der Waals surface area contributed by atoms with Crippen LogP contribution in [0.5, 0.6) is 0 Å². The number of rotatable bonds is 3. The van der Waals surface area contributed by atoms with Gasteiger partial charge in [-0.25, -0.2) is 10.2 Å². The third-order valence-electron chi connectivity index (χ3n) is 3.41. The summed E-state index contributed by atoms with van der Waals surface area (Å²) in [6, 6.07) is 13.8. The van der Waals surface area contributed by atoms with Gasteiger partial charge in [-0.15, -0.1) is 0 Å². The zero-order valence-corrected chi connectivity index (χ0v) is 11.2. The van der Waals surface area contributed by atoms with Gasteiger partial charge in [-0.2, -0.15) is 0 Å². The van der Waals surface area contributed by atoms with Gasteiger partial charge in [-0.1, -0.05) is 12.1 Å². The van der Waals surface area contributed by atoms with Crippen LogP contribution in [0.4, 0.5) is 4.39 Å². The average molecular weight is 283 g/mol. The Morgan fingerprint density at radius 3 is 2.86 bits per heavy atom. The highest BCUT2D eigenvalue weighted by Crippen LogP contribution is 2.19. The predicted molar refractivity (Wildman–Crippen MR) is 79.1 cm³/mol. The molecule has 21 heavy (non-hydrogen) atoms. The molecule has 1 aromatic heterocycles. The Labute approximate surface area is 121 Å². The van der Waals surface area contributed by atoms with Gasteiger partial charge in [0.25, 0.3) is 5.91 Å². The van der Waals surface area contributed by atoms with Gasteiger partial charge in [0, 0.05) is 18.3 Å². The highest BCUT2D eigenvalue weighted by molar-refractivity contribution is 5.93. The van der Waals surface area contributed by atoms with Crippen molar-refractivity contribution in [3.8, 4) is 0 Å². The number of halogens is 1. The van der Waals surface area contributed by atoms with E-state index >= 15 is 0 Å². The molecular weight excluding hydrogens is 269 g/mol. The van der Waals surface area contributed by atoms with E-state index in [4.69, 9.17) is 5.84 Å². The first-order valence-corrected chi connectivity index (χ1v) is 6.51. The normalized spacial score (nSPS) is 10.8. The van der Waals surface area contributed by atoms with Crippen molar-refractivity contribution < 1.29 is 9.18 Å². The molecule has 0 saturated carbocycles. The van der Waals surface area contributed by atoms with Crippen molar-refractivity contribution in [1.82, 2.24) is 9.99 Å². The molecule has 1 heterocycles. The number of amides is 1. The van der Waals surface area contributed by atoms with E-state index in [-0.39, 0.29) is 11.7 Å². The van der Waals surface area contributed by atoms with Gasteiger partial charge >= 0.3 is 0 Å². The topological polar surface area (TPSA) is 60.0 Å². The minimum Gasteiger partial charge on any atom is -0.343 e. The molecule has 0 unspecified atom stereocenters. The molecular formula is C16H14FN3O. The fourth-order valence-electron chi connectivity index (χ4n) is 2.39. The van der Waals surface area contributed by atoms with Crippen LogP contribution in [-0.4, -0.2) is 10.5 Å². The SMILES string of the molecule is NNC(=O)c1cccc(Cn2ccc3ccc(F)cc32)c1. The number of nitrogens with one attached hydrogen (secondary N) is 1. The van der Waals surface area contributed by atoms with Crippen LogP contribution in [0.3, 0.4) is 0 Å². The first-order chi connectivity index (χ1) is 10.2. The summed E-state index contributed by atoms with van der Waals surface area (Å²) in [5.74, 6) is 4.54. The second kappa shape index (κ2) is 5.38. The van der Waals surface area contributed by atoms with Gasteiger partial charge in [0.05, 0.1) is 5.52 Å². The molecule has 2 aromatic carbocycles. The molecule has 0 atom stereocenters. The van der Waals surface area contributed by atoms with Gasteiger partial charge in [-0.3, -0.25) is 10.2 Å². The number of carbonyl (C=O) groups is 1. The lowest BCUT2D eigenvalue weighted by Gasteiger charge is -2.07. The first-order valence-electron chi connectivity index (χ1n) is 6.51. The van der Waals surface area contributed by atoms with E-state index in [2.05, 4.69) is 5.43 Å². The van der Waals surface area contributed by atoms with Crippen LogP contribution >= 0.6 is 0 Å². The second-order valence-electron chi connectivity index (χ2n) is 4.82. The van der Waals surface area contributed by atoms with Crippen LogP contribution in [0, 0.1) is 5.82 Å². The maximum Gasteiger partial charge on any atom is 0.265 e. The van der Waals surface area contributed by atoms with E-state index in [0.717, 1.165) is 16.5 Å². The van der Waals surface area contributed by atoms with Crippen LogP contribution in [0.2, 0.25) is 0 Å². The number of fused-ring (bicyclic) bond motifs is 1. The number of benzene rings is 2. The van der Waals surface area contributed by atoms with E-state index in [1.54, 1.807) is 24.3 Å². The lowest BCUT2D eigenvalue weighted by Crippen LogP contribution is -2.30. The molecule has 0 bridgehead atoms. The minimum absolute atomic E-state index is 0.265. The van der Waals surface area contributed by atoms with Crippen molar-refractivity contribution in [2.45, 2.75) is 6.54 Å². The van der Waals surface area contributed by atoms with E-state index in [9.17, 15) is 9.18 Å². The summed E-state index contributed by atoms with van der Waals surface area (Å²) >= 11 is 0. The molecule has 3 N–H and O–H groups in total. The lowest BCUT2D eigenvalue weighted by molar-refractivity contribution is 0.0953. The van der Waals surface area contributed by atoms with Crippen LogP contribution < -0.4 is 11.3 Å². The minimum atomic E-state index is -0.333. The molecule has 0 aliphatic carbocycles. The second-order valence-corrected chi connectivity index (χ2v) is 4.82. The first kappa shape index (κ1) is 13.3. The lowest BCUT2D eigenvalue weighted by atomic mass is 10.1. The quantitative estimate of drug-likeness (QED) is 0.440. The average Bonchev–Trinajstić information content (AvgIpc) is 2.89. The van der Waals surface area contributed by atoms with E-state index in [0.29, 0.717) is 12.1 Å². The van der Waals surface area contributed by atoms with Crippen molar-refractivity contribution in [3.63, 3.8) is 0 Å². The van der Waals surface area contributed by atoms with Crippen molar-refractivity contribution in [2.24, 2.45) is 5.84 Å². The number of nitrogens with two attached hydrogens (primary N) is 1. The van der Waals surface area contributed by atoms with E-state index in [1.807, 2.05) is 22.9 Å². The summed E-state index contributed by atoms with van der Waals surface area (Å²) in [4.78, 5) is 11.5.